The average Bonchev–Trinajstić information content (AvgIpc) is 2.92. The maximum Gasteiger partial charge on any atom is 0.239 e. The molecule has 4 rings (SSSR count). The molecule has 2 heterocycles. The van der Waals surface area contributed by atoms with Crippen molar-refractivity contribution in [1.29, 1.82) is 0 Å². The number of anilines is 1. The third-order valence-corrected chi connectivity index (χ3v) is 5.33. The lowest BCUT2D eigenvalue weighted by atomic mass is 9.93. The van der Waals surface area contributed by atoms with Crippen LogP contribution in [0.1, 0.15) is 22.6 Å². The zero-order valence-corrected chi connectivity index (χ0v) is 16.5. The van der Waals surface area contributed by atoms with Crippen molar-refractivity contribution >= 4 is 27.5 Å². The van der Waals surface area contributed by atoms with Crippen molar-refractivity contribution in [2.24, 2.45) is 0 Å². The lowest BCUT2D eigenvalue weighted by molar-refractivity contribution is -0.118. The van der Waals surface area contributed by atoms with Gasteiger partial charge in [-0.25, -0.2) is 4.39 Å². The van der Waals surface area contributed by atoms with E-state index in [1.807, 2.05) is 30.3 Å². The minimum Gasteiger partial charge on any atom is -0.493 e. The molecule has 0 radical (unpaired) electrons. The fraction of sp³-hybridized carbons (Fsp3) is 0.143. The Kier molecular flexibility index (Phi) is 4.77. The van der Waals surface area contributed by atoms with Gasteiger partial charge in [0.25, 0.3) is 0 Å². The Hall–Kier alpha value is -2.93. The molecular formula is C21H16BrFN2O3. The number of carbonyl (C=O) groups is 1. The molecule has 0 unspecified atom stereocenters. The number of hydrogen-bond acceptors (Lipinski definition) is 4. The van der Waals surface area contributed by atoms with Crippen LogP contribution in [0.25, 0.3) is 0 Å². The number of likely N-dealkylation sites (N-methyl/N-ethyl adjacent to an activating group) is 1. The molecule has 0 saturated carbocycles. The van der Waals surface area contributed by atoms with Crippen LogP contribution >= 0.6 is 15.9 Å². The summed E-state index contributed by atoms with van der Waals surface area (Å²) < 4.78 is 20.3. The topological polar surface area (TPSA) is 62.7 Å². The molecule has 28 heavy (non-hydrogen) atoms. The highest BCUT2D eigenvalue weighted by molar-refractivity contribution is 9.10. The first-order chi connectivity index (χ1) is 13.5. The largest absolute Gasteiger partial charge is 0.493 e. The van der Waals surface area contributed by atoms with Crippen LogP contribution in [0.5, 0.6) is 11.8 Å². The number of pyridine rings is 1. The van der Waals surface area contributed by atoms with E-state index in [0.29, 0.717) is 16.8 Å². The standard InChI is InChI=1S/C21H16BrFN2O3/c1-25-17-10-15(22)16(23)9-14(17)19(21(25)27)13-7-8-18(26)24-20(13)28-11-12-5-3-2-4-6-12/h2-10,19H,11H2,1H3,(H,24,26)/t19-/m0/s1. The summed E-state index contributed by atoms with van der Waals surface area (Å²) in [6.45, 7) is 0.225. The van der Waals surface area contributed by atoms with Crippen molar-refractivity contribution in [1.82, 2.24) is 4.98 Å². The number of aromatic hydroxyl groups is 1. The third-order valence-electron chi connectivity index (χ3n) is 4.72. The van der Waals surface area contributed by atoms with Crippen LogP contribution in [-0.2, 0) is 11.4 Å². The van der Waals surface area contributed by atoms with E-state index >= 15 is 0 Å². The zero-order chi connectivity index (χ0) is 19.8. The fourth-order valence-electron chi connectivity index (χ4n) is 3.32. The van der Waals surface area contributed by atoms with Gasteiger partial charge >= 0.3 is 0 Å². The van der Waals surface area contributed by atoms with Gasteiger partial charge in [0.1, 0.15) is 12.4 Å². The number of fused-ring (bicyclic) bond motifs is 1. The van der Waals surface area contributed by atoms with Gasteiger partial charge in [0.15, 0.2) is 0 Å². The lowest BCUT2D eigenvalue weighted by Crippen LogP contribution is -2.24. The number of benzene rings is 2. The summed E-state index contributed by atoms with van der Waals surface area (Å²) >= 11 is 3.16. The first-order valence-corrected chi connectivity index (χ1v) is 9.38. The smallest absolute Gasteiger partial charge is 0.239 e. The van der Waals surface area contributed by atoms with Gasteiger partial charge in [-0.15, -0.1) is 0 Å². The summed E-state index contributed by atoms with van der Waals surface area (Å²) in [6, 6.07) is 15.4. The van der Waals surface area contributed by atoms with Gasteiger partial charge in [0.2, 0.25) is 17.7 Å². The molecule has 0 bridgehead atoms. The van der Waals surface area contributed by atoms with Crippen LogP contribution in [0, 0.1) is 5.82 Å². The maximum absolute atomic E-state index is 14.2. The van der Waals surface area contributed by atoms with E-state index in [0.717, 1.165) is 5.56 Å². The number of amides is 1. The van der Waals surface area contributed by atoms with E-state index in [4.69, 9.17) is 4.74 Å². The van der Waals surface area contributed by atoms with E-state index in [-0.39, 0.29) is 28.7 Å². The molecule has 1 amide bonds. The van der Waals surface area contributed by atoms with Crippen molar-refractivity contribution in [2.75, 3.05) is 11.9 Å². The molecule has 1 N–H and O–H groups in total. The molecule has 3 aromatic rings. The third kappa shape index (κ3) is 3.22. The molecule has 1 aliphatic heterocycles. The van der Waals surface area contributed by atoms with Gasteiger partial charge < -0.3 is 14.7 Å². The Morgan fingerprint density at radius 1 is 1.18 bits per heavy atom. The molecule has 1 aliphatic rings. The molecule has 0 fully saturated rings. The van der Waals surface area contributed by atoms with E-state index in [1.54, 1.807) is 19.2 Å². The summed E-state index contributed by atoms with van der Waals surface area (Å²) in [7, 11) is 1.64. The highest BCUT2D eigenvalue weighted by atomic mass is 79.9. The van der Waals surface area contributed by atoms with Crippen molar-refractivity contribution in [3.63, 3.8) is 0 Å². The molecule has 5 nitrogen and oxygen atoms in total. The number of hydrogen-bond donors (Lipinski definition) is 1. The number of halogens is 2. The average molecular weight is 443 g/mol. The predicted octanol–water partition coefficient (Wildman–Crippen LogP) is 4.38. The second kappa shape index (κ2) is 7.24. The molecule has 1 aromatic heterocycles. The van der Waals surface area contributed by atoms with Gasteiger partial charge in [-0.3, -0.25) is 4.79 Å². The highest BCUT2D eigenvalue weighted by Gasteiger charge is 2.39. The molecular weight excluding hydrogens is 427 g/mol. The first-order valence-electron chi connectivity index (χ1n) is 8.59. The van der Waals surface area contributed by atoms with Crippen LogP contribution < -0.4 is 9.64 Å². The number of nitrogens with zero attached hydrogens (tertiary/aromatic N) is 2. The van der Waals surface area contributed by atoms with Crippen molar-refractivity contribution in [2.45, 2.75) is 12.5 Å². The Bertz CT molecular complexity index is 1060. The Balaban J connectivity index is 1.76. The van der Waals surface area contributed by atoms with Crippen molar-refractivity contribution < 1.29 is 19.0 Å². The lowest BCUT2D eigenvalue weighted by Gasteiger charge is -2.16. The fourth-order valence-corrected chi connectivity index (χ4v) is 3.65. The highest BCUT2D eigenvalue weighted by Crippen LogP contribution is 2.45. The molecule has 2 aromatic carbocycles. The van der Waals surface area contributed by atoms with Crippen LogP contribution in [0.4, 0.5) is 10.1 Å². The van der Waals surface area contributed by atoms with Gasteiger partial charge in [-0.2, -0.15) is 4.98 Å². The molecule has 142 valence electrons. The molecule has 0 spiro atoms. The molecule has 1 atom stereocenters. The minimum atomic E-state index is -0.763. The summed E-state index contributed by atoms with van der Waals surface area (Å²) in [5.74, 6) is -1.50. The van der Waals surface area contributed by atoms with Crippen molar-refractivity contribution in [3.8, 4) is 11.8 Å². The van der Waals surface area contributed by atoms with E-state index in [2.05, 4.69) is 20.9 Å². The normalized spacial score (nSPS) is 15.6. The molecule has 0 saturated heterocycles. The zero-order valence-electron chi connectivity index (χ0n) is 14.9. The SMILES string of the molecule is CN1C(=O)[C@@H](c2ccc(O)nc2OCc2ccccc2)c2cc(F)c(Br)cc21. The van der Waals surface area contributed by atoms with E-state index < -0.39 is 11.7 Å². The summed E-state index contributed by atoms with van der Waals surface area (Å²) in [4.78, 5) is 18.5. The van der Waals surface area contributed by atoms with Crippen LogP contribution in [0.2, 0.25) is 0 Å². The maximum atomic E-state index is 14.2. The molecule has 7 heteroatoms. The number of carbonyl (C=O) groups excluding carboxylic acids is 1. The summed E-state index contributed by atoms with van der Waals surface area (Å²) in [5.41, 5.74) is 2.55. The van der Waals surface area contributed by atoms with Gasteiger partial charge in [0, 0.05) is 24.4 Å². The van der Waals surface area contributed by atoms with Crippen LogP contribution in [0.3, 0.4) is 0 Å². The number of ether oxygens (including phenoxy) is 1. The Morgan fingerprint density at radius 3 is 2.68 bits per heavy atom. The van der Waals surface area contributed by atoms with Crippen molar-refractivity contribution in [3.05, 3.63) is 81.6 Å². The number of aromatic nitrogens is 1. The summed E-state index contributed by atoms with van der Waals surface area (Å²) in [5, 5.41) is 9.82. The van der Waals surface area contributed by atoms with Crippen LogP contribution in [-0.4, -0.2) is 23.0 Å². The summed E-state index contributed by atoms with van der Waals surface area (Å²) in [6.07, 6.45) is 0. The Labute approximate surface area is 169 Å². The van der Waals surface area contributed by atoms with Gasteiger partial charge in [0.05, 0.1) is 10.4 Å². The first kappa shape index (κ1) is 18.4. The van der Waals surface area contributed by atoms with Crippen LogP contribution in [0.15, 0.2) is 59.1 Å². The number of rotatable bonds is 4. The monoisotopic (exact) mass is 442 g/mol. The second-order valence-electron chi connectivity index (χ2n) is 6.49. The second-order valence-corrected chi connectivity index (χ2v) is 7.35. The molecule has 0 aliphatic carbocycles. The van der Waals surface area contributed by atoms with E-state index in [1.165, 1.54) is 17.0 Å². The predicted molar refractivity (Wildman–Crippen MR) is 106 cm³/mol. The Morgan fingerprint density at radius 2 is 1.93 bits per heavy atom. The quantitative estimate of drug-likeness (QED) is 0.651. The van der Waals surface area contributed by atoms with E-state index in [9.17, 15) is 14.3 Å². The minimum absolute atomic E-state index is 0.145. The van der Waals surface area contributed by atoms with Gasteiger partial charge in [-0.05, 0) is 45.3 Å². The van der Waals surface area contributed by atoms with Gasteiger partial charge in [-0.1, -0.05) is 30.3 Å².